The first-order valence-corrected chi connectivity index (χ1v) is 6.10. The number of aromatic nitrogens is 2. The van der Waals surface area contributed by atoms with Gasteiger partial charge in [-0.1, -0.05) is 18.2 Å². The van der Waals surface area contributed by atoms with E-state index in [4.69, 9.17) is 5.73 Å². The van der Waals surface area contributed by atoms with Gasteiger partial charge in [-0.15, -0.1) is 0 Å². The number of hydrogen-bond donors (Lipinski definition) is 1. The van der Waals surface area contributed by atoms with Crippen molar-refractivity contribution >= 4 is 11.7 Å². The molecule has 5 nitrogen and oxygen atoms in total. The summed E-state index contributed by atoms with van der Waals surface area (Å²) in [6.45, 7) is 1.75. The fourth-order valence-electron chi connectivity index (χ4n) is 1.86. The van der Waals surface area contributed by atoms with Crippen molar-refractivity contribution in [2.45, 2.75) is 13.0 Å². The van der Waals surface area contributed by atoms with E-state index < -0.39 is 6.04 Å². The highest BCUT2D eigenvalue weighted by Gasteiger charge is 2.22. The van der Waals surface area contributed by atoms with Gasteiger partial charge in [0.1, 0.15) is 17.3 Å². The Bertz CT molecular complexity index is 632. The molecule has 0 spiro atoms. The van der Waals surface area contributed by atoms with E-state index in [-0.39, 0.29) is 23.2 Å². The van der Waals surface area contributed by atoms with E-state index in [2.05, 4.69) is 9.97 Å². The molecule has 1 aromatic heterocycles. The van der Waals surface area contributed by atoms with Crippen LogP contribution in [-0.4, -0.2) is 27.8 Å². The van der Waals surface area contributed by atoms with Crippen molar-refractivity contribution in [1.29, 1.82) is 0 Å². The summed E-state index contributed by atoms with van der Waals surface area (Å²) in [5.41, 5.74) is 6.08. The zero-order valence-electron chi connectivity index (χ0n) is 11.2. The van der Waals surface area contributed by atoms with Crippen LogP contribution in [0, 0.1) is 5.82 Å². The second-order valence-electron chi connectivity index (χ2n) is 4.44. The molecule has 0 saturated carbocycles. The third-order valence-electron chi connectivity index (χ3n) is 3.13. The maximum absolute atomic E-state index is 13.7. The third kappa shape index (κ3) is 2.74. The second kappa shape index (κ2) is 5.64. The van der Waals surface area contributed by atoms with Crippen LogP contribution in [-0.2, 0) is 0 Å². The molecular formula is C14H15FN4O. The zero-order chi connectivity index (χ0) is 14.7. The summed E-state index contributed by atoms with van der Waals surface area (Å²) in [5.74, 6) is -0.540. The first-order chi connectivity index (χ1) is 9.50. The molecule has 0 bridgehead atoms. The van der Waals surface area contributed by atoms with Crippen LogP contribution in [0.25, 0.3) is 0 Å². The van der Waals surface area contributed by atoms with Gasteiger partial charge in [0.2, 0.25) is 0 Å². The Labute approximate surface area is 116 Å². The lowest BCUT2D eigenvalue weighted by molar-refractivity contribution is 0.0734. The Morgan fingerprint density at radius 2 is 2.05 bits per heavy atom. The SMILES string of the molecule is CC(c1ccccc1F)N(C)C(=O)c1cncc(N)n1. The molecule has 6 heteroatoms. The normalized spacial score (nSPS) is 11.9. The van der Waals surface area contributed by atoms with Gasteiger partial charge in [-0.3, -0.25) is 9.78 Å². The molecule has 20 heavy (non-hydrogen) atoms. The van der Waals surface area contributed by atoms with Crippen LogP contribution in [0.1, 0.15) is 29.0 Å². The van der Waals surface area contributed by atoms with Crippen LogP contribution in [0.2, 0.25) is 0 Å². The van der Waals surface area contributed by atoms with Crippen molar-refractivity contribution in [1.82, 2.24) is 14.9 Å². The quantitative estimate of drug-likeness (QED) is 0.929. The summed E-state index contributed by atoms with van der Waals surface area (Å²) in [5, 5.41) is 0. The first kappa shape index (κ1) is 13.9. The molecule has 0 fully saturated rings. The molecule has 1 atom stereocenters. The number of hydrogen-bond acceptors (Lipinski definition) is 4. The highest BCUT2D eigenvalue weighted by atomic mass is 19.1. The molecule has 2 rings (SSSR count). The monoisotopic (exact) mass is 274 g/mol. The van der Waals surface area contributed by atoms with E-state index in [1.807, 2.05) is 0 Å². The average molecular weight is 274 g/mol. The highest BCUT2D eigenvalue weighted by molar-refractivity contribution is 5.92. The summed E-state index contributed by atoms with van der Waals surface area (Å²) >= 11 is 0. The molecule has 104 valence electrons. The first-order valence-electron chi connectivity index (χ1n) is 6.10. The smallest absolute Gasteiger partial charge is 0.274 e. The number of benzene rings is 1. The third-order valence-corrected chi connectivity index (χ3v) is 3.13. The second-order valence-corrected chi connectivity index (χ2v) is 4.44. The van der Waals surface area contributed by atoms with E-state index in [0.717, 1.165) is 0 Å². The van der Waals surface area contributed by atoms with Crippen LogP contribution in [0.4, 0.5) is 10.2 Å². The molecule has 1 aromatic carbocycles. The summed E-state index contributed by atoms with van der Waals surface area (Å²) in [6.07, 6.45) is 2.69. The molecule has 0 aliphatic rings. The van der Waals surface area contributed by atoms with Crippen molar-refractivity contribution in [3.8, 4) is 0 Å². The number of nitrogens with zero attached hydrogens (tertiary/aromatic N) is 3. The Morgan fingerprint density at radius 3 is 2.70 bits per heavy atom. The summed E-state index contributed by atoms with van der Waals surface area (Å²) in [7, 11) is 1.59. The maximum Gasteiger partial charge on any atom is 0.274 e. The lowest BCUT2D eigenvalue weighted by Crippen LogP contribution is -2.31. The molecule has 0 aliphatic carbocycles. The number of nitrogen functional groups attached to an aromatic ring is 1. The molecule has 1 amide bonds. The van der Waals surface area contributed by atoms with Gasteiger partial charge < -0.3 is 10.6 Å². The van der Waals surface area contributed by atoms with Gasteiger partial charge in [-0.05, 0) is 13.0 Å². The van der Waals surface area contributed by atoms with Crippen LogP contribution >= 0.6 is 0 Å². The predicted molar refractivity (Wildman–Crippen MR) is 73.4 cm³/mol. The van der Waals surface area contributed by atoms with Gasteiger partial charge in [0.25, 0.3) is 5.91 Å². The molecule has 2 aromatic rings. The highest BCUT2D eigenvalue weighted by Crippen LogP contribution is 2.22. The fourth-order valence-corrected chi connectivity index (χ4v) is 1.86. The Kier molecular flexibility index (Phi) is 3.93. The topological polar surface area (TPSA) is 72.1 Å². The van der Waals surface area contributed by atoms with Crippen molar-refractivity contribution < 1.29 is 9.18 Å². The van der Waals surface area contributed by atoms with Crippen LogP contribution < -0.4 is 5.73 Å². The summed E-state index contributed by atoms with van der Waals surface area (Å²) in [6, 6.07) is 5.93. The van der Waals surface area contributed by atoms with Crippen LogP contribution in [0.15, 0.2) is 36.7 Å². The standard InChI is InChI=1S/C14H15FN4O/c1-9(10-5-3-4-6-11(10)15)19(2)14(20)12-7-17-8-13(16)18-12/h3-9H,1-2H3,(H2,16,18). The zero-order valence-corrected chi connectivity index (χ0v) is 11.2. The number of rotatable bonds is 3. The molecule has 2 N–H and O–H groups in total. The van der Waals surface area contributed by atoms with E-state index >= 15 is 0 Å². The molecule has 1 heterocycles. The Morgan fingerprint density at radius 1 is 1.35 bits per heavy atom. The van der Waals surface area contributed by atoms with E-state index in [9.17, 15) is 9.18 Å². The number of halogens is 1. The van der Waals surface area contributed by atoms with Crippen molar-refractivity contribution in [2.24, 2.45) is 0 Å². The molecule has 1 unspecified atom stereocenters. The van der Waals surface area contributed by atoms with E-state index in [0.29, 0.717) is 5.56 Å². The lowest BCUT2D eigenvalue weighted by Gasteiger charge is -2.25. The van der Waals surface area contributed by atoms with Crippen molar-refractivity contribution in [3.05, 3.63) is 53.7 Å². The fraction of sp³-hybridized carbons (Fsp3) is 0.214. The summed E-state index contributed by atoms with van der Waals surface area (Å²) < 4.78 is 13.7. The number of nitrogens with two attached hydrogens (primary N) is 1. The lowest BCUT2D eigenvalue weighted by atomic mass is 10.1. The minimum absolute atomic E-state index is 0.135. The average Bonchev–Trinajstić information content (AvgIpc) is 2.45. The minimum Gasteiger partial charge on any atom is -0.382 e. The van der Waals surface area contributed by atoms with E-state index in [1.54, 1.807) is 32.2 Å². The van der Waals surface area contributed by atoms with Gasteiger partial charge in [-0.25, -0.2) is 9.37 Å². The molecule has 0 aliphatic heterocycles. The van der Waals surface area contributed by atoms with Gasteiger partial charge in [0, 0.05) is 12.6 Å². The minimum atomic E-state index is -0.424. The summed E-state index contributed by atoms with van der Waals surface area (Å²) in [4.78, 5) is 21.4. The van der Waals surface area contributed by atoms with E-state index in [1.165, 1.54) is 23.4 Å². The van der Waals surface area contributed by atoms with Gasteiger partial charge in [-0.2, -0.15) is 0 Å². The molecular weight excluding hydrogens is 259 g/mol. The predicted octanol–water partition coefficient (Wildman–Crippen LogP) is 2.03. The van der Waals surface area contributed by atoms with Gasteiger partial charge >= 0.3 is 0 Å². The number of anilines is 1. The maximum atomic E-state index is 13.7. The Hall–Kier alpha value is -2.50. The largest absolute Gasteiger partial charge is 0.382 e. The Balaban J connectivity index is 2.25. The van der Waals surface area contributed by atoms with Crippen LogP contribution in [0.5, 0.6) is 0 Å². The van der Waals surface area contributed by atoms with Gasteiger partial charge in [0.15, 0.2) is 0 Å². The number of carbonyl (C=O) groups is 1. The van der Waals surface area contributed by atoms with Crippen molar-refractivity contribution in [2.75, 3.05) is 12.8 Å². The van der Waals surface area contributed by atoms with Crippen LogP contribution in [0.3, 0.4) is 0 Å². The number of amides is 1. The number of carbonyl (C=O) groups excluding carboxylic acids is 1. The van der Waals surface area contributed by atoms with Crippen molar-refractivity contribution in [3.63, 3.8) is 0 Å². The molecule has 0 radical (unpaired) electrons. The van der Waals surface area contributed by atoms with Gasteiger partial charge in [0.05, 0.1) is 18.4 Å². The molecule has 0 saturated heterocycles.